The van der Waals surface area contributed by atoms with Crippen molar-refractivity contribution in [2.24, 2.45) is 0 Å². The lowest BCUT2D eigenvalue weighted by Gasteiger charge is -2.31. The number of nitrogens with zero attached hydrogens (tertiary/aromatic N) is 2. The van der Waals surface area contributed by atoms with Crippen molar-refractivity contribution in [3.63, 3.8) is 0 Å². The minimum Gasteiger partial charge on any atom is -0.278 e. The van der Waals surface area contributed by atoms with Gasteiger partial charge in [-0.25, -0.2) is 4.39 Å². The molecule has 28 heavy (non-hydrogen) atoms. The molecule has 4 heteroatoms. The minimum atomic E-state index is -0.132. The van der Waals surface area contributed by atoms with E-state index in [0.29, 0.717) is 6.54 Å². The summed E-state index contributed by atoms with van der Waals surface area (Å²) in [6.07, 6.45) is 0.122. The molecule has 0 saturated carbocycles. The third kappa shape index (κ3) is 4.19. The molecule has 1 aliphatic heterocycles. The van der Waals surface area contributed by atoms with Crippen LogP contribution >= 0.6 is 15.9 Å². The van der Waals surface area contributed by atoms with Crippen LogP contribution in [0.15, 0.2) is 77.3 Å². The molecule has 0 radical (unpaired) electrons. The summed E-state index contributed by atoms with van der Waals surface area (Å²) in [6.45, 7) is 5.53. The molecule has 0 unspecified atom stereocenters. The van der Waals surface area contributed by atoms with Crippen LogP contribution in [-0.4, -0.2) is 22.9 Å². The van der Waals surface area contributed by atoms with E-state index in [1.54, 1.807) is 12.1 Å². The Morgan fingerprint density at radius 2 is 1.50 bits per heavy atom. The zero-order valence-electron chi connectivity index (χ0n) is 16.0. The average molecular weight is 439 g/mol. The van der Waals surface area contributed by atoms with Gasteiger partial charge in [0.2, 0.25) is 0 Å². The van der Waals surface area contributed by atoms with Gasteiger partial charge in [-0.05, 0) is 41.8 Å². The summed E-state index contributed by atoms with van der Waals surface area (Å²) in [5.74, 6) is -0.132. The highest BCUT2D eigenvalue weighted by atomic mass is 79.9. The fourth-order valence-electron chi connectivity index (χ4n) is 4.00. The van der Waals surface area contributed by atoms with Gasteiger partial charge in [-0.3, -0.25) is 9.80 Å². The van der Waals surface area contributed by atoms with Crippen molar-refractivity contribution in [1.29, 1.82) is 0 Å². The maximum atomic E-state index is 14.3. The van der Waals surface area contributed by atoms with Crippen molar-refractivity contribution in [1.82, 2.24) is 9.80 Å². The lowest BCUT2D eigenvalue weighted by atomic mass is 10.1. The van der Waals surface area contributed by atoms with E-state index in [1.165, 1.54) is 16.7 Å². The Hall–Kier alpha value is -2.01. The van der Waals surface area contributed by atoms with Gasteiger partial charge in [-0.1, -0.05) is 70.5 Å². The highest BCUT2D eigenvalue weighted by Crippen LogP contribution is 2.34. The van der Waals surface area contributed by atoms with E-state index in [9.17, 15) is 4.39 Å². The molecule has 144 valence electrons. The minimum absolute atomic E-state index is 0.122. The van der Waals surface area contributed by atoms with E-state index in [0.717, 1.165) is 29.7 Å². The highest BCUT2D eigenvalue weighted by molar-refractivity contribution is 9.10. The smallest absolute Gasteiger partial charge is 0.127 e. The third-order valence-corrected chi connectivity index (χ3v) is 5.97. The Balaban J connectivity index is 1.65. The molecular weight excluding hydrogens is 415 g/mol. The molecule has 1 aliphatic rings. The first-order valence-corrected chi connectivity index (χ1v) is 10.4. The van der Waals surface area contributed by atoms with E-state index >= 15 is 0 Å². The highest BCUT2D eigenvalue weighted by Gasteiger charge is 2.33. The van der Waals surface area contributed by atoms with Crippen LogP contribution in [0.2, 0.25) is 0 Å². The largest absolute Gasteiger partial charge is 0.278 e. The first-order chi connectivity index (χ1) is 13.6. The SMILES string of the molecule is Cc1ccccc1CN1CCN(Cc2ccccc2F)[C@@H]1c1cccc(Br)c1. The fraction of sp³-hybridized carbons (Fsp3) is 0.250. The fourth-order valence-corrected chi connectivity index (χ4v) is 4.42. The quantitative estimate of drug-likeness (QED) is 0.488. The Bertz CT molecular complexity index is 903. The number of benzene rings is 3. The Morgan fingerprint density at radius 3 is 2.18 bits per heavy atom. The molecule has 0 aliphatic carbocycles. The second kappa shape index (κ2) is 8.56. The van der Waals surface area contributed by atoms with Crippen LogP contribution < -0.4 is 0 Å². The van der Waals surface area contributed by atoms with Gasteiger partial charge in [-0.15, -0.1) is 0 Å². The first kappa shape index (κ1) is 19.3. The molecule has 0 aromatic heterocycles. The second-order valence-corrected chi connectivity index (χ2v) is 8.30. The molecule has 1 heterocycles. The lowest BCUT2D eigenvalue weighted by molar-refractivity contribution is 0.124. The summed E-state index contributed by atoms with van der Waals surface area (Å²) in [6, 6.07) is 24.1. The summed E-state index contributed by atoms with van der Waals surface area (Å²) < 4.78 is 15.4. The van der Waals surface area contributed by atoms with Crippen LogP contribution in [0, 0.1) is 12.7 Å². The van der Waals surface area contributed by atoms with Gasteiger partial charge >= 0.3 is 0 Å². The summed E-state index contributed by atoms with van der Waals surface area (Å²) in [4.78, 5) is 4.86. The summed E-state index contributed by atoms with van der Waals surface area (Å²) >= 11 is 3.61. The van der Waals surface area contributed by atoms with Crippen LogP contribution in [0.4, 0.5) is 4.39 Å². The van der Waals surface area contributed by atoms with Crippen molar-refractivity contribution >= 4 is 15.9 Å². The Morgan fingerprint density at radius 1 is 0.857 bits per heavy atom. The van der Waals surface area contributed by atoms with Gasteiger partial charge in [-0.2, -0.15) is 0 Å². The predicted octanol–water partition coefficient (Wildman–Crippen LogP) is 5.91. The van der Waals surface area contributed by atoms with Gasteiger partial charge in [0, 0.05) is 36.2 Å². The number of rotatable bonds is 5. The van der Waals surface area contributed by atoms with Crippen LogP contribution in [0.25, 0.3) is 0 Å². The maximum Gasteiger partial charge on any atom is 0.127 e. The normalized spacial score (nSPS) is 17.9. The van der Waals surface area contributed by atoms with Crippen LogP contribution in [0.1, 0.15) is 28.4 Å². The Labute approximate surface area is 174 Å². The van der Waals surface area contributed by atoms with Gasteiger partial charge in [0.05, 0.1) is 6.17 Å². The van der Waals surface area contributed by atoms with Gasteiger partial charge in [0.25, 0.3) is 0 Å². The second-order valence-electron chi connectivity index (χ2n) is 7.39. The molecule has 2 nitrogen and oxygen atoms in total. The molecule has 4 rings (SSSR count). The summed E-state index contributed by atoms with van der Waals surface area (Å²) in [5, 5.41) is 0. The van der Waals surface area contributed by atoms with E-state index in [1.807, 2.05) is 18.2 Å². The summed E-state index contributed by atoms with van der Waals surface area (Å²) in [5.41, 5.74) is 4.63. The van der Waals surface area contributed by atoms with E-state index in [-0.39, 0.29) is 12.0 Å². The van der Waals surface area contributed by atoms with Crippen LogP contribution in [0.3, 0.4) is 0 Å². The summed E-state index contributed by atoms with van der Waals surface area (Å²) in [7, 11) is 0. The lowest BCUT2D eigenvalue weighted by Crippen LogP contribution is -2.31. The number of hydrogen-bond acceptors (Lipinski definition) is 2. The molecule has 3 aromatic rings. The molecule has 1 saturated heterocycles. The van der Waals surface area contributed by atoms with Crippen LogP contribution in [-0.2, 0) is 13.1 Å². The molecule has 1 atom stereocenters. The standard InChI is InChI=1S/C24H24BrFN2/c1-18-7-2-3-8-20(18)16-27-13-14-28(17-21-9-4-5-12-23(21)26)24(27)19-10-6-11-22(25)15-19/h2-12,15,24H,13-14,16-17H2,1H3/t24-/m1/s1. The molecule has 3 aromatic carbocycles. The average Bonchev–Trinajstić information content (AvgIpc) is 3.08. The van der Waals surface area contributed by atoms with E-state index in [4.69, 9.17) is 0 Å². The number of halogens is 2. The van der Waals surface area contributed by atoms with Gasteiger partial charge < -0.3 is 0 Å². The van der Waals surface area contributed by atoms with Crippen LogP contribution in [0.5, 0.6) is 0 Å². The predicted molar refractivity (Wildman–Crippen MR) is 115 cm³/mol. The third-order valence-electron chi connectivity index (χ3n) is 5.48. The van der Waals surface area contributed by atoms with E-state index in [2.05, 4.69) is 75.1 Å². The maximum absolute atomic E-state index is 14.3. The number of hydrogen-bond donors (Lipinski definition) is 0. The topological polar surface area (TPSA) is 6.48 Å². The molecule has 0 amide bonds. The zero-order valence-corrected chi connectivity index (χ0v) is 17.6. The Kier molecular flexibility index (Phi) is 5.90. The van der Waals surface area contributed by atoms with Crippen molar-refractivity contribution in [3.05, 3.63) is 105 Å². The van der Waals surface area contributed by atoms with E-state index < -0.39 is 0 Å². The monoisotopic (exact) mass is 438 g/mol. The molecular formula is C24H24BrFN2. The van der Waals surface area contributed by atoms with Gasteiger partial charge in [0.15, 0.2) is 0 Å². The van der Waals surface area contributed by atoms with Crippen molar-refractivity contribution < 1.29 is 4.39 Å². The molecule has 0 bridgehead atoms. The molecule has 1 fully saturated rings. The van der Waals surface area contributed by atoms with Crippen molar-refractivity contribution in [3.8, 4) is 0 Å². The zero-order chi connectivity index (χ0) is 19.5. The van der Waals surface area contributed by atoms with Crippen molar-refractivity contribution in [2.45, 2.75) is 26.2 Å². The van der Waals surface area contributed by atoms with Gasteiger partial charge in [0.1, 0.15) is 5.82 Å². The number of aryl methyl sites for hydroxylation is 1. The van der Waals surface area contributed by atoms with Crippen molar-refractivity contribution in [2.75, 3.05) is 13.1 Å². The molecule has 0 spiro atoms. The first-order valence-electron chi connectivity index (χ1n) is 9.63. The molecule has 0 N–H and O–H groups in total.